The summed E-state index contributed by atoms with van der Waals surface area (Å²) in [5, 5.41) is 12.0. The first-order valence-electron chi connectivity index (χ1n) is 8.89. The number of hydrogen-bond donors (Lipinski definition) is 0. The molecule has 6 nitrogen and oxygen atoms in total. The van der Waals surface area contributed by atoms with Crippen LogP contribution in [0.5, 0.6) is 0 Å². The fourth-order valence-electron chi connectivity index (χ4n) is 2.92. The zero-order valence-corrected chi connectivity index (χ0v) is 17.1. The van der Waals surface area contributed by atoms with Crippen molar-refractivity contribution in [2.45, 2.75) is 17.1 Å². The third kappa shape index (κ3) is 4.57. The summed E-state index contributed by atoms with van der Waals surface area (Å²) in [6.07, 6.45) is -4.33. The van der Waals surface area contributed by atoms with Crippen molar-refractivity contribution in [1.82, 2.24) is 19.7 Å². The molecule has 0 radical (unpaired) electrons. The van der Waals surface area contributed by atoms with Gasteiger partial charge in [0.1, 0.15) is 5.01 Å². The molecular weight excluding hydrogens is 423 g/mol. The predicted molar refractivity (Wildman–Crippen MR) is 106 cm³/mol. The summed E-state index contributed by atoms with van der Waals surface area (Å²) in [5.74, 6) is 1.42. The number of rotatable bonds is 5. The number of thioether (sulfide) groups is 1. The third-order valence-electron chi connectivity index (χ3n) is 4.47. The monoisotopic (exact) mass is 441 g/mol. The minimum Gasteiger partial charge on any atom is -0.378 e. The Morgan fingerprint density at radius 2 is 1.86 bits per heavy atom. The molecule has 1 fully saturated rings. The Bertz CT molecular complexity index is 965. The highest BCUT2D eigenvalue weighted by Crippen LogP contribution is 2.32. The molecule has 0 bridgehead atoms. The second-order valence-corrected chi connectivity index (χ2v) is 8.25. The van der Waals surface area contributed by atoms with Crippen LogP contribution in [0.15, 0.2) is 34.8 Å². The molecule has 0 aliphatic carbocycles. The van der Waals surface area contributed by atoms with Gasteiger partial charge >= 0.3 is 6.18 Å². The van der Waals surface area contributed by atoms with Crippen molar-refractivity contribution >= 4 is 29.0 Å². The van der Waals surface area contributed by atoms with E-state index < -0.39 is 11.7 Å². The lowest BCUT2D eigenvalue weighted by molar-refractivity contribution is -0.137. The summed E-state index contributed by atoms with van der Waals surface area (Å²) in [4.78, 5) is 6.69. The summed E-state index contributed by atoms with van der Waals surface area (Å²) >= 11 is 2.94. The third-order valence-corrected chi connectivity index (χ3v) is 6.46. The van der Waals surface area contributed by atoms with Crippen molar-refractivity contribution in [2.75, 3.05) is 31.2 Å². The van der Waals surface area contributed by atoms with Crippen LogP contribution in [0.2, 0.25) is 0 Å². The van der Waals surface area contributed by atoms with Crippen LogP contribution in [-0.2, 0) is 23.7 Å². The summed E-state index contributed by atoms with van der Waals surface area (Å²) in [6, 6.07) is 5.07. The number of anilines is 1. The molecule has 2 aromatic heterocycles. The molecule has 3 aromatic rings. The Morgan fingerprint density at radius 3 is 2.55 bits per heavy atom. The Morgan fingerprint density at radius 1 is 1.14 bits per heavy atom. The van der Waals surface area contributed by atoms with Crippen molar-refractivity contribution < 1.29 is 17.9 Å². The number of morpholine rings is 1. The number of thiazole rings is 1. The van der Waals surface area contributed by atoms with Crippen molar-refractivity contribution in [3.05, 3.63) is 40.9 Å². The maximum Gasteiger partial charge on any atom is 0.416 e. The molecule has 0 amide bonds. The quantitative estimate of drug-likeness (QED) is 0.556. The van der Waals surface area contributed by atoms with Gasteiger partial charge in [-0.25, -0.2) is 4.98 Å². The lowest BCUT2D eigenvalue weighted by atomic mass is 10.1. The van der Waals surface area contributed by atoms with Gasteiger partial charge in [-0.15, -0.1) is 21.5 Å². The van der Waals surface area contributed by atoms with Crippen molar-refractivity contribution in [3.8, 4) is 10.6 Å². The van der Waals surface area contributed by atoms with Crippen LogP contribution < -0.4 is 4.90 Å². The standard InChI is InChI=1S/C18H18F3N5OS2/c1-25-16(26-6-8-27-9-7-26)23-24-17(25)29-11-14-10-28-15(22-14)12-2-4-13(5-3-12)18(19,20)21/h2-5,10H,6-9,11H2,1H3. The molecule has 4 rings (SSSR count). The number of halogens is 3. The average molecular weight is 442 g/mol. The fourth-order valence-corrected chi connectivity index (χ4v) is 4.65. The van der Waals surface area contributed by atoms with Gasteiger partial charge in [-0.2, -0.15) is 13.2 Å². The molecular formula is C18H18F3N5OS2. The van der Waals surface area contributed by atoms with E-state index in [0.717, 1.165) is 42.0 Å². The smallest absolute Gasteiger partial charge is 0.378 e. The minimum atomic E-state index is -4.33. The van der Waals surface area contributed by atoms with Crippen LogP contribution in [0.3, 0.4) is 0 Å². The van der Waals surface area contributed by atoms with Crippen LogP contribution in [0.4, 0.5) is 19.1 Å². The van der Waals surface area contributed by atoms with E-state index in [9.17, 15) is 13.2 Å². The Hall–Kier alpha value is -2.11. The van der Waals surface area contributed by atoms with Crippen molar-refractivity contribution in [2.24, 2.45) is 7.05 Å². The van der Waals surface area contributed by atoms with E-state index in [4.69, 9.17) is 4.74 Å². The molecule has 0 spiro atoms. The van der Waals surface area contributed by atoms with Gasteiger partial charge in [0.15, 0.2) is 5.16 Å². The molecule has 1 aliphatic rings. The van der Waals surface area contributed by atoms with Gasteiger partial charge in [-0.1, -0.05) is 23.9 Å². The molecule has 0 unspecified atom stereocenters. The van der Waals surface area contributed by atoms with E-state index >= 15 is 0 Å². The summed E-state index contributed by atoms with van der Waals surface area (Å²) in [5.41, 5.74) is 0.866. The first-order chi connectivity index (χ1) is 13.9. The molecule has 29 heavy (non-hydrogen) atoms. The lowest BCUT2D eigenvalue weighted by Gasteiger charge is -2.27. The first kappa shape index (κ1) is 20.2. The van der Waals surface area contributed by atoms with E-state index in [-0.39, 0.29) is 0 Å². The maximum absolute atomic E-state index is 12.7. The molecule has 1 saturated heterocycles. The second-order valence-electron chi connectivity index (χ2n) is 6.45. The molecule has 11 heteroatoms. The highest BCUT2D eigenvalue weighted by atomic mass is 32.2. The van der Waals surface area contributed by atoms with E-state index in [1.807, 2.05) is 17.0 Å². The Balaban J connectivity index is 1.40. The molecule has 0 N–H and O–H groups in total. The van der Waals surface area contributed by atoms with Gasteiger partial charge in [-0.3, -0.25) is 4.57 Å². The average Bonchev–Trinajstić information content (AvgIpc) is 3.33. The fraction of sp³-hybridized carbons (Fsp3) is 0.389. The molecule has 1 aliphatic heterocycles. The molecule has 3 heterocycles. The summed E-state index contributed by atoms with van der Waals surface area (Å²) < 4.78 is 45.4. The molecule has 154 valence electrons. The molecule has 0 atom stereocenters. The van der Waals surface area contributed by atoms with Gasteiger partial charge in [0.25, 0.3) is 0 Å². The zero-order valence-electron chi connectivity index (χ0n) is 15.5. The SMILES string of the molecule is Cn1c(SCc2csc(-c3ccc(C(F)(F)F)cc3)n2)nnc1N1CCOCC1. The van der Waals surface area contributed by atoms with Gasteiger partial charge in [0.05, 0.1) is 24.5 Å². The first-order valence-corrected chi connectivity index (χ1v) is 10.8. The van der Waals surface area contributed by atoms with Crippen molar-refractivity contribution in [3.63, 3.8) is 0 Å². The van der Waals surface area contributed by atoms with Crippen LogP contribution in [0.25, 0.3) is 10.6 Å². The Labute approximate surface area is 173 Å². The highest BCUT2D eigenvalue weighted by Gasteiger charge is 2.30. The second kappa shape index (κ2) is 8.33. The van der Waals surface area contributed by atoms with Crippen LogP contribution in [0, 0.1) is 0 Å². The van der Waals surface area contributed by atoms with Crippen molar-refractivity contribution in [1.29, 1.82) is 0 Å². The number of nitrogens with zero attached hydrogens (tertiary/aromatic N) is 5. The van der Waals surface area contributed by atoms with Crippen LogP contribution >= 0.6 is 23.1 Å². The minimum absolute atomic E-state index is 0.603. The molecule has 0 saturated carbocycles. The lowest BCUT2D eigenvalue weighted by Crippen LogP contribution is -2.37. The predicted octanol–water partition coefficient (Wildman–Crippen LogP) is 4.09. The van der Waals surface area contributed by atoms with E-state index in [2.05, 4.69) is 20.1 Å². The zero-order chi connectivity index (χ0) is 20.4. The number of hydrogen-bond acceptors (Lipinski definition) is 7. The topological polar surface area (TPSA) is 56.1 Å². The van der Waals surface area contributed by atoms with Crippen LogP contribution in [0.1, 0.15) is 11.3 Å². The normalized spacial score (nSPS) is 15.1. The maximum atomic E-state index is 12.7. The Kier molecular flexibility index (Phi) is 5.79. The summed E-state index contributed by atoms with van der Waals surface area (Å²) in [6.45, 7) is 2.94. The number of alkyl halides is 3. The number of benzene rings is 1. The van der Waals surface area contributed by atoms with Crippen LogP contribution in [-0.4, -0.2) is 46.1 Å². The van der Waals surface area contributed by atoms with Gasteiger partial charge < -0.3 is 9.64 Å². The van der Waals surface area contributed by atoms with Gasteiger partial charge in [-0.05, 0) is 12.1 Å². The number of ether oxygens (including phenoxy) is 1. The highest BCUT2D eigenvalue weighted by molar-refractivity contribution is 7.98. The van der Waals surface area contributed by atoms with Gasteiger partial charge in [0.2, 0.25) is 5.95 Å². The molecule has 1 aromatic carbocycles. The summed E-state index contributed by atoms with van der Waals surface area (Å²) in [7, 11) is 1.93. The van der Waals surface area contributed by atoms with Gasteiger partial charge in [0, 0.05) is 36.8 Å². The van der Waals surface area contributed by atoms with E-state index in [0.29, 0.717) is 29.5 Å². The van der Waals surface area contributed by atoms with E-state index in [1.165, 1.54) is 35.2 Å². The van der Waals surface area contributed by atoms with E-state index in [1.54, 1.807) is 0 Å². The largest absolute Gasteiger partial charge is 0.416 e. The number of aromatic nitrogens is 4.